The van der Waals surface area contributed by atoms with Gasteiger partial charge in [0.15, 0.2) is 0 Å². The van der Waals surface area contributed by atoms with Gasteiger partial charge in [0.2, 0.25) is 0 Å². The van der Waals surface area contributed by atoms with Crippen LogP contribution < -0.4 is 0 Å². The minimum atomic E-state index is -0.0580. The summed E-state index contributed by atoms with van der Waals surface area (Å²) in [6.07, 6.45) is 1.86. The van der Waals surface area contributed by atoms with Crippen LogP contribution in [0.1, 0.15) is 24.1 Å². The minimum Gasteiger partial charge on any atom is -0.393 e. The first kappa shape index (κ1) is 13.5. The van der Waals surface area contributed by atoms with Gasteiger partial charge in [-0.15, -0.1) is 0 Å². The number of benzene rings is 1. The van der Waals surface area contributed by atoms with Crippen molar-refractivity contribution in [2.24, 2.45) is 5.92 Å². The number of fused-ring (bicyclic) bond motifs is 1. The van der Waals surface area contributed by atoms with Crippen LogP contribution in [0, 0.1) is 12.8 Å². The molecular formula is C17H22N2O. The number of rotatable bonds is 4. The first-order valence-corrected chi connectivity index (χ1v) is 7.33. The van der Waals surface area contributed by atoms with Crippen molar-refractivity contribution in [2.75, 3.05) is 13.6 Å². The first-order chi connectivity index (χ1) is 9.61. The Hall–Kier alpha value is -1.45. The molecule has 1 saturated carbocycles. The maximum absolute atomic E-state index is 9.37. The van der Waals surface area contributed by atoms with E-state index < -0.39 is 0 Å². The van der Waals surface area contributed by atoms with Crippen LogP contribution in [0.3, 0.4) is 0 Å². The number of aryl methyl sites for hydroxylation is 1. The Balaban J connectivity index is 1.76. The second-order valence-corrected chi connectivity index (χ2v) is 6.13. The maximum Gasteiger partial charge on any atom is 0.0708 e. The molecule has 0 bridgehead atoms. The molecule has 20 heavy (non-hydrogen) atoms. The number of hydrogen-bond donors (Lipinski definition) is 1. The molecule has 0 saturated heterocycles. The average Bonchev–Trinajstić information content (AvgIpc) is 2.36. The van der Waals surface area contributed by atoms with Crippen molar-refractivity contribution in [3.05, 3.63) is 41.6 Å². The predicted molar refractivity (Wildman–Crippen MR) is 81.5 cm³/mol. The summed E-state index contributed by atoms with van der Waals surface area (Å²) in [5.41, 5.74) is 3.50. The molecule has 0 unspecified atom stereocenters. The Morgan fingerprint density at radius 1 is 1.30 bits per heavy atom. The van der Waals surface area contributed by atoms with Gasteiger partial charge in [-0.05, 0) is 50.4 Å². The molecule has 1 aromatic heterocycles. The van der Waals surface area contributed by atoms with Crippen molar-refractivity contribution >= 4 is 10.9 Å². The molecule has 1 heterocycles. The summed E-state index contributed by atoms with van der Waals surface area (Å²) in [5, 5.41) is 10.6. The summed E-state index contributed by atoms with van der Waals surface area (Å²) >= 11 is 0. The Bertz CT molecular complexity index is 605. The summed E-state index contributed by atoms with van der Waals surface area (Å²) < 4.78 is 0. The summed E-state index contributed by atoms with van der Waals surface area (Å²) in [5.74, 6) is 0.657. The highest BCUT2D eigenvalue weighted by Crippen LogP contribution is 2.28. The molecule has 3 nitrogen and oxygen atoms in total. The maximum atomic E-state index is 9.37. The lowest BCUT2D eigenvalue weighted by atomic mass is 9.82. The molecule has 1 aromatic carbocycles. The third-order valence-electron chi connectivity index (χ3n) is 4.15. The van der Waals surface area contributed by atoms with Crippen LogP contribution >= 0.6 is 0 Å². The van der Waals surface area contributed by atoms with E-state index in [-0.39, 0.29) is 6.10 Å². The van der Waals surface area contributed by atoms with E-state index in [2.05, 4.69) is 48.1 Å². The van der Waals surface area contributed by atoms with Crippen LogP contribution in [0.15, 0.2) is 30.3 Å². The highest BCUT2D eigenvalue weighted by molar-refractivity contribution is 5.82. The molecule has 0 atom stereocenters. The van der Waals surface area contributed by atoms with E-state index in [1.54, 1.807) is 0 Å². The molecule has 1 aliphatic carbocycles. The molecule has 0 amide bonds. The van der Waals surface area contributed by atoms with Gasteiger partial charge in [0, 0.05) is 24.2 Å². The van der Waals surface area contributed by atoms with Crippen LogP contribution in [-0.2, 0) is 6.54 Å². The van der Waals surface area contributed by atoms with Crippen molar-refractivity contribution in [1.29, 1.82) is 0 Å². The Morgan fingerprint density at radius 3 is 2.80 bits per heavy atom. The second-order valence-electron chi connectivity index (χ2n) is 6.13. The highest BCUT2D eigenvalue weighted by Gasteiger charge is 2.27. The summed E-state index contributed by atoms with van der Waals surface area (Å²) in [6.45, 7) is 4.06. The van der Waals surface area contributed by atoms with Gasteiger partial charge in [-0.25, -0.2) is 0 Å². The summed E-state index contributed by atoms with van der Waals surface area (Å²) in [6, 6.07) is 10.5. The monoisotopic (exact) mass is 270 g/mol. The SMILES string of the molecule is Cc1cc(CN(C)CC2CC(O)C2)c2ccccc2n1. The van der Waals surface area contributed by atoms with Gasteiger partial charge < -0.3 is 10.0 Å². The van der Waals surface area contributed by atoms with E-state index in [1.807, 2.05) is 6.07 Å². The van der Waals surface area contributed by atoms with Crippen molar-refractivity contribution in [3.8, 4) is 0 Å². The predicted octanol–water partition coefficient (Wildman–Crippen LogP) is 2.75. The van der Waals surface area contributed by atoms with Crippen LogP contribution in [0.25, 0.3) is 10.9 Å². The molecule has 0 radical (unpaired) electrons. The van der Waals surface area contributed by atoms with Crippen molar-refractivity contribution in [2.45, 2.75) is 32.4 Å². The molecule has 106 valence electrons. The fourth-order valence-electron chi connectivity index (χ4n) is 3.17. The fraction of sp³-hybridized carbons (Fsp3) is 0.471. The zero-order valence-electron chi connectivity index (χ0n) is 12.2. The van der Waals surface area contributed by atoms with Crippen molar-refractivity contribution < 1.29 is 5.11 Å². The largest absolute Gasteiger partial charge is 0.393 e. The molecule has 2 aromatic rings. The van der Waals surface area contributed by atoms with Gasteiger partial charge in [0.05, 0.1) is 11.6 Å². The zero-order chi connectivity index (χ0) is 14.1. The molecule has 1 fully saturated rings. The Labute approximate surface area is 120 Å². The van der Waals surface area contributed by atoms with Crippen LogP contribution in [0.2, 0.25) is 0 Å². The number of aliphatic hydroxyl groups is 1. The quantitative estimate of drug-likeness (QED) is 0.928. The summed E-state index contributed by atoms with van der Waals surface area (Å²) in [7, 11) is 2.16. The van der Waals surface area contributed by atoms with E-state index in [0.29, 0.717) is 5.92 Å². The van der Waals surface area contributed by atoms with Crippen LogP contribution in [-0.4, -0.2) is 34.7 Å². The minimum absolute atomic E-state index is 0.0580. The lowest BCUT2D eigenvalue weighted by Gasteiger charge is -2.34. The van der Waals surface area contributed by atoms with Crippen molar-refractivity contribution in [3.63, 3.8) is 0 Å². The lowest BCUT2D eigenvalue weighted by Crippen LogP contribution is -2.36. The third-order valence-corrected chi connectivity index (χ3v) is 4.15. The van der Waals surface area contributed by atoms with E-state index in [1.165, 1.54) is 10.9 Å². The van der Waals surface area contributed by atoms with Gasteiger partial charge in [-0.3, -0.25) is 4.98 Å². The Kier molecular flexibility index (Phi) is 3.72. The zero-order valence-corrected chi connectivity index (χ0v) is 12.2. The van der Waals surface area contributed by atoms with E-state index in [9.17, 15) is 5.11 Å². The number of aromatic nitrogens is 1. The second kappa shape index (κ2) is 5.51. The molecule has 0 aliphatic heterocycles. The number of aliphatic hydroxyl groups excluding tert-OH is 1. The van der Waals surface area contributed by atoms with E-state index in [4.69, 9.17) is 0 Å². The standard InChI is InChI=1S/C17H22N2O/c1-12-7-14(16-5-3-4-6-17(16)18-12)11-19(2)10-13-8-15(20)9-13/h3-7,13,15,20H,8-11H2,1-2H3. The number of hydrogen-bond acceptors (Lipinski definition) is 3. The molecular weight excluding hydrogens is 248 g/mol. The molecule has 0 spiro atoms. The van der Waals surface area contributed by atoms with Gasteiger partial charge in [0.25, 0.3) is 0 Å². The van der Waals surface area contributed by atoms with Crippen LogP contribution in [0.5, 0.6) is 0 Å². The van der Waals surface area contributed by atoms with E-state index >= 15 is 0 Å². The van der Waals surface area contributed by atoms with Gasteiger partial charge in [-0.1, -0.05) is 18.2 Å². The average molecular weight is 270 g/mol. The lowest BCUT2D eigenvalue weighted by molar-refractivity contribution is 0.0274. The topological polar surface area (TPSA) is 36.4 Å². The smallest absolute Gasteiger partial charge is 0.0708 e. The van der Waals surface area contributed by atoms with Crippen molar-refractivity contribution in [1.82, 2.24) is 9.88 Å². The third kappa shape index (κ3) is 2.84. The molecule has 1 aliphatic rings. The van der Waals surface area contributed by atoms with Gasteiger partial charge in [0.1, 0.15) is 0 Å². The summed E-state index contributed by atoms with van der Waals surface area (Å²) in [4.78, 5) is 6.95. The fourth-order valence-corrected chi connectivity index (χ4v) is 3.17. The molecule has 3 heteroatoms. The number of pyridine rings is 1. The van der Waals surface area contributed by atoms with Gasteiger partial charge >= 0.3 is 0 Å². The normalized spacial score (nSPS) is 22.2. The molecule has 3 rings (SSSR count). The Morgan fingerprint density at radius 2 is 2.05 bits per heavy atom. The van der Waals surface area contributed by atoms with Crippen LogP contribution in [0.4, 0.5) is 0 Å². The first-order valence-electron chi connectivity index (χ1n) is 7.33. The van der Waals surface area contributed by atoms with E-state index in [0.717, 1.165) is 37.1 Å². The highest BCUT2D eigenvalue weighted by atomic mass is 16.3. The number of nitrogens with zero attached hydrogens (tertiary/aromatic N) is 2. The number of para-hydroxylation sites is 1. The van der Waals surface area contributed by atoms with Gasteiger partial charge in [-0.2, -0.15) is 0 Å². The molecule has 1 N–H and O–H groups in total.